The molecule has 0 aliphatic carbocycles. The monoisotopic (exact) mass is 482 g/mol. The lowest BCUT2D eigenvalue weighted by Crippen LogP contribution is -2.51. The van der Waals surface area contributed by atoms with Gasteiger partial charge in [0.15, 0.2) is 17.0 Å². The van der Waals surface area contributed by atoms with Crippen molar-refractivity contribution in [3.05, 3.63) is 90.1 Å². The highest BCUT2D eigenvalue weighted by atomic mass is 16.1. The van der Waals surface area contributed by atoms with E-state index in [0.717, 1.165) is 31.9 Å². The van der Waals surface area contributed by atoms with Crippen molar-refractivity contribution in [1.29, 1.82) is 0 Å². The number of hydrogen-bond acceptors (Lipinski definition) is 8. The Morgan fingerprint density at radius 1 is 1.00 bits per heavy atom. The number of fused-ring (bicyclic) bond motifs is 1. The minimum Gasteiger partial charge on any atom is -0.323 e. The van der Waals surface area contributed by atoms with Crippen LogP contribution in [0.15, 0.2) is 84.6 Å². The van der Waals surface area contributed by atoms with Gasteiger partial charge in [0.05, 0.1) is 17.6 Å². The molecule has 0 radical (unpaired) electrons. The highest BCUT2D eigenvalue weighted by molar-refractivity contribution is 5.98. The van der Waals surface area contributed by atoms with Crippen molar-refractivity contribution in [2.24, 2.45) is 0 Å². The molecule has 1 N–H and O–H groups in total. The maximum atomic E-state index is 13.0. The number of rotatable bonds is 6. The molecule has 0 atom stereocenters. The average molecular weight is 483 g/mol. The molecule has 1 fully saturated rings. The molecule has 1 aliphatic heterocycles. The molecular formula is C26H26N8O2. The number of carbonyl (C=O) groups is 1. The van der Waals surface area contributed by atoms with Crippen molar-refractivity contribution in [2.45, 2.75) is 0 Å². The van der Waals surface area contributed by atoms with Gasteiger partial charge in [0.25, 0.3) is 5.56 Å². The number of hydrazine groups is 1. The highest BCUT2D eigenvalue weighted by Gasteiger charge is 2.26. The smallest absolute Gasteiger partial charge is 0.275 e. The summed E-state index contributed by atoms with van der Waals surface area (Å²) < 4.78 is 1.50. The van der Waals surface area contributed by atoms with E-state index in [2.05, 4.69) is 48.8 Å². The second-order valence-electron chi connectivity index (χ2n) is 8.45. The lowest BCUT2D eigenvalue weighted by Gasteiger charge is -2.40. The van der Waals surface area contributed by atoms with E-state index in [1.54, 1.807) is 24.3 Å². The van der Waals surface area contributed by atoms with E-state index >= 15 is 0 Å². The molecule has 1 saturated heterocycles. The summed E-state index contributed by atoms with van der Waals surface area (Å²) in [5, 5.41) is 7.01. The van der Waals surface area contributed by atoms with Gasteiger partial charge < -0.3 is 10.2 Å². The molecule has 36 heavy (non-hydrogen) atoms. The average Bonchev–Trinajstić information content (AvgIpc) is 2.91. The van der Waals surface area contributed by atoms with Gasteiger partial charge in [0, 0.05) is 31.9 Å². The number of anilines is 3. The van der Waals surface area contributed by atoms with Crippen LogP contribution in [0.25, 0.3) is 16.9 Å². The molecule has 182 valence electrons. The number of aromatic nitrogens is 4. The van der Waals surface area contributed by atoms with Crippen molar-refractivity contribution in [3.63, 3.8) is 0 Å². The van der Waals surface area contributed by atoms with E-state index in [1.807, 2.05) is 30.3 Å². The van der Waals surface area contributed by atoms with Gasteiger partial charge in [-0.15, -0.1) is 0 Å². The SMILES string of the molecule is C=CC(=O)Nc1ccc(-n2c(=O)cnc3c(N(c4ccccc4)N4CCN(C)CC4)ncnc32)cc1. The van der Waals surface area contributed by atoms with Crippen LogP contribution in [0, 0.1) is 0 Å². The fourth-order valence-corrected chi connectivity index (χ4v) is 4.20. The van der Waals surface area contributed by atoms with Gasteiger partial charge in [-0.3, -0.25) is 19.2 Å². The Morgan fingerprint density at radius 3 is 2.42 bits per heavy atom. The van der Waals surface area contributed by atoms with Gasteiger partial charge >= 0.3 is 0 Å². The molecule has 2 aromatic carbocycles. The number of carbonyl (C=O) groups excluding carboxylic acids is 1. The van der Waals surface area contributed by atoms with Gasteiger partial charge in [-0.1, -0.05) is 24.8 Å². The first-order valence-corrected chi connectivity index (χ1v) is 11.6. The first kappa shape index (κ1) is 23.3. The van der Waals surface area contributed by atoms with Crippen LogP contribution in [0.3, 0.4) is 0 Å². The number of amides is 1. The highest BCUT2D eigenvalue weighted by Crippen LogP contribution is 2.30. The van der Waals surface area contributed by atoms with Crippen LogP contribution in [-0.4, -0.2) is 68.6 Å². The van der Waals surface area contributed by atoms with Gasteiger partial charge in [0.1, 0.15) is 6.33 Å². The Kier molecular flexibility index (Phi) is 6.52. The zero-order valence-electron chi connectivity index (χ0n) is 19.9. The fourth-order valence-electron chi connectivity index (χ4n) is 4.20. The molecule has 0 spiro atoms. The van der Waals surface area contributed by atoms with Crippen LogP contribution in [0.2, 0.25) is 0 Å². The molecule has 0 saturated carbocycles. The lowest BCUT2D eigenvalue weighted by atomic mass is 10.2. The third kappa shape index (κ3) is 4.59. The number of piperazine rings is 1. The largest absolute Gasteiger partial charge is 0.323 e. The van der Waals surface area contributed by atoms with Crippen LogP contribution in [0.5, 0.6) is 0 Å². The van der Waals surface area contributed by atoms with Crippen LogP contribution in [0.1, 0.15) is 0 Å². The van der Waals surface area contributed by atoms with Crippen molar-refractivity contribution in [1.82, 2.24) is 29.4 Å². The van der Waals surface area contributed by atoms with Gasteiger partial charge in [0.2, 0.25) is 5.91 Å². The van der Waals surface area contributed by atoms with Gasteiger partial charge in [-0.25, -0.2) is 20.0 Å². The van der Waals surface area contributed by atoms with Crippen LogP contribution in [0.4, 0.5) is 17.2 Å². The molecule has 10 heteroatoms. The van der Waals surface area contributed by atoms with Gasteiger partial charge in [-0.05, 0) is 49.5 Å². The normalized spacial score (nSPS) is 14.5. The number of nitrogens with one attached hydrogen (secondary N) is 1. The predicted molar refractivity (Wildman–Crippen MR) is 139 cm³/mol. The summed E-state index contributed by atoms with van der Waals surface area (Å²) in [5.41, 5.74) is 2.72. The molecule has 2 aromatic heterocycles. The number of para-hydroxylation sites is 1. The minimum absolute atomic E-state index is 0.309. The van der Waals surface area contributed by atoms with E-state index in [1.165, 1.54) is 23.2 Å². The molecule has 10 nitrogen and oxygen atoms in total. The Labute approximate surface area is 208 Å². The fraction of sp³-hybridized carbons (Fsp3) is 0.192. The van der Waals surface area contributed by atoms with E-state index < -0.39 is 0 Å². The van der Waals surface area contributed by atoms with Crippen molar-refractivity contribution >= 4 is 34.3 Å². The van der Waals surface area contributed by atoms with E-state index in [4.69, 9.17) is 0 Å². The standard InChI is InChI=1S/C26H26N8O2/c1-3-22(35)30-19-9-11-20(12-10-19)33-23(36)17-27-24-25(33)28-18-29-26(24)34(21-7-5-4-6-8-21)32-15-13-31(2)14-16-32/h3-12,17-18H,1,13-16H2,2H3,(H,30,35). The zero-order valence-corrected chi connectivity index (χ0v) is 19.9. The Balaban J connectivity index is 1.62. The molecule has 4 aromatic rings. The number of benzene rings is 2. The first-order chi connectivity index (χ1) is 17.5. The topological polar surface area (TPSA) is 99.5 Å². The predicted octanol–water partition coefficient (Wildman–Crippen LogP) is 2.60. The van der Waals surface area contributed by atoms with Crippen molar-refractivity contribution in [2.75, 3.05) is 43.6 Å². The summed E-state index contributed by atoms with van der Waals surface area (Å²) in [7, 11) is 2.11. The second-order valence-corrected chi connectivity index (χ2v) is 8.45. The van der Waals surface area contributed by atoms with Gasteiger partial charge in [-0.2, -0.15) is 0 Å². The summed E-state index contributed by atoms with van der Waals surface area (Å²) in [6.07, 6.45) is 3.95. The molecule has 0 unspecified atom stereocenters. The molecule has 0 bridgehead atoms. The Morgan fingerprint density at radius 2 is 1.72 bits per heavy atom. The summed E-state index contributed by atoms with van der Waals surface area (Å²) in [5.74, 6) is 0.288. The van der Waals surface area contributed by atoms with Crippen molar-refractivity contribution < 1.29 is 4.79 Å². The summed E-state index contributed by atoms with van der Waals surface area (Å²) in [6, 6.07) is 16.9. The zero-order chi connectivity index (χ0) is 25.1. The summed E-state index contributed by atoms with van der Waals surface area (Å²) in [6.45, 7) is 6.92. The second kappa shape index (κ2) is 10.1. The number of hydrogen-bond donors (Lipinski definition) is 1. The lowest BCUT2D eigenvalue weighted by molar-refractivity contribution is -0.111. The van der Waals surface area contributed by atoms with Crippen LogP contribution >= 0.6 is 0 Å². The summed E-state index contributed by atoms with van der Waals surface area (Å²) >= 11 is 0. The summed E-state index contributed by atoms with van der Waals surface area (Å²) in [4.78, 5) is 40.4. The van der Waals surface area contributed by atoms with Crippen LogP contribution < -0.4 is 15.9 Å². The van der Waals surface area contributed by atoms with Crippen molar-refractivity contribution in [3.8, 4) is 5.69 Å². The Hall–Kier alpha value is -4.41. The Bertz CT molecular complexity index is 1440. The third-order valence-corrected chi connectivity index (χ3v) is 6.06. The van der Waals surface area contributed by atoms with Crippen LogP contribution in [-0.2, 0) is 4.79 Å². The molecular weight excluding hydrogens is 456 g/mol. The van der Waals surface area contributed by atoms with E-state index in [-0.39, 0.29) is 11.5 Å². The molecule has 3 heterocycles. The molecule has 1 aliphatic rings. The van der Waals surface area contributed by atoms with E-state index in [0.29, 0.717) is 28.4 Å². The minimum atomic E-state index is -0.319. The third-order valence-electron chi connectivity index (χ3n) is 6.06. The molecule has 5 rings (SSSR count). The quantitative estimate of drug-likeness (QED) is 0.419. The maximum absolute atomic E-state index is 13.0. The first-order valence-electron chi connectivity index (χ1n) is 11.6. The van der Waals surface area contributed by atoms with E-state index in [9.17, 15) is 9.59 Å². The molecule has 1 amide bonds. The maximum Gasteiger partial charge on any atom is 0.275 e. The number of likely N-dealkylation sites (N-methyl/N-ethyl adjacent to an activating group) is 1. The number of nitrogens with zero attached hydrogens (tertiary/aromatic N) is 7.